The van der Waals surface area contributed by atoms with Crippen molar-refractivity contribution in [3.05, 3.63) is 89.7 Å². The number of carbonyl (C=O) groups is 1. The van der Waals surface area contributed by atoms with E-state index in [2.05, 4.69) is 20.0 Å². The Morgan fingerprint density at radius 2 is 1.77 bits per heavy atom. The monoisotopic (exact) mass is 454 g/mol. The number of anilines is 2. The number of hydrogen-bond donors (Lipinski definition) is 2. The Morgan fingerprint density at radius 1 is 0.968 bits per heavy atom. The second kappa shape index (κ2) is 8.62. The summed E-state index contributed by atoms with van der Waals surface area (Å²) in [5, 5.41) is 4.87. The summed E-state index contributed by atoms with van der Waals surface area (Å²) in [5.41, 5.74) is 1.78. The van der Waals surface area contributed by atoms with Gasteiger partial charge in [0.25, 0.3) is 15.9 Å². The number of nitrogens with one attached hydrogen (secondary N) is 2. The minimum absolute atomic E-state index is 0.0893. The lowest BCUT2D eigenvalue weighted by Gasteiger charge is -2.09. The Morgan fingerprint density at radius 3 is 2.52 bits per heavy atom. The molecule has 1 amide bonds. The molecule has 0 bridgehead atoms. The molecule has 2 heterocycles. The summed E-state index contributed by atoms with van der Waals surface area (Å²) in [6.45, 7) is 0. The molecule has 0 aliphatic carbocycles. The van der Waals surface area contributed by atoms with Crippen LogP contribution in [-0.2, 0) is 10.0 Å². The Balaban J connectivity index is 1.48. The third-order valence-corrected chi connectivity index (χ3v) is 6.31. The number of aromatic nitrogens is 2. The van der Waals surface area contributed by atoms with Crippen molar-refractivity contribution in [1.82, 2.24) is 9.97 Å². The molecule has 0 radical (unpaired) electrons. The Kier molecular flexibility index (Phi) is 5.74. The van der Waals surface area contributed by atoms with Crippen LogP contribution in [0.4, 0.5) is 15.2 Å². The van der Waals surface area contributed by atoms with Crippen LogP contribution in [0.5, 0.6) is 0 Å². The number of carbonyl (C=O) groups excluding carboxylic acids is 1. The van der Waals surface area contributed by atoms with Crippen LogP contribution in [0.2, 0.25) is 0 Å². The molecule has 0 saturated heterocycles. The maximum absolute atomic E-state index is 13.1. The van der Waals surface area contributed by atoms with Gasteiger partial charge in [0.15, 0.2) is 5.13 Å². The van der Waals surface area contributed by atoms with Gasteiger partial charge < -0.3 is 0 Å². The highest BCUT2D eigenvalue weighted by Gasteiger charge is 2.16. The van der Waals surface area contributed by atoms with E-state index in [1.807, 2.05) is 12.1 Å². The average Bonchev–Trinajstić information content (AvgIpc) is 3.23. The molecule has 0 aliphatic heterocycles. The predicted octanol–water partition coefficient (Wildman–Crippen LogP) is 4.40. The third kappa shape index (κ3) is 4.93. The number of thiazole rings is 1. The molecule has 31 heavy (non-hydrogen) atoms. The molecule has 2 aromatic heterocycles. The average molecular weight is 455 g/mol. The largest absolute Gasteiger partial charge is 0.298 e. The van der Waals surface area contributed by atoms with Crippen molar-refractivity contribution in [3.8, 4) is 11.4 Å². The summed E-state index contributed by atoms with van der Waals surface area (Å²) in [5.74, 6) is -0.976. The predicted molar refractivity (Wildman–Crippen MR) is 117 cm³/mol. The van der Waals surface area contributed by atoms with Crippen molar-refractivity contribution in [2.45, 2.75) is 4.90 Å². The van der Waals surface area contributed by atoms with Gasteiger partial charge in [-0.05, 0) is 54.6 Å². The van der Waals surface area contributed by atoms with Crippen molar-refractivity contribution in [2.24, 2.45) is 0 Å². The van der Waals surface area contributed by atoms with Crippen LogP contribution >= 0.6 is 11.3 Å². The molecule has 10 heteroatoms. The zero-order chi connectivity index (χ0) is 21.8. The number of rotatable bonds is 6. The fraction of sp³-hybridized carbons (Fsp3) is 0. The summed E-state index contributed by atoms with van der Waals surface area (Å²) >= 11 is 1.25. The molecule has 7 nitrogen and oxygen atoms in total. The summed E-state index contributed by atoms with van der Waals surface area (Å²) in [4.78, 5) is 21.1. The first kappa shape index (κ1) is 20.6. The maximum atomic E-state index is 13.1. The normalized spacial score (nSPS) is 11.1. The number of benzene rings is 2. The lowest BCUT2D eigenvalue weighted by atomic mass is 10.2. The topological polar surface area (TPSA) is 101 Å². The fourth-order valence-electron chi connectivity index (χ4n) is 2.68. The molecule has 0 atom stereocenters. The SMILES string of the molecule is O=C(Nc1nc(-c2ccccn2)cs1)c1cccc(NS(=O)(=O)c2ccc(F)cc2)c1. The highest BCUT2D eigenvalue weighted by Crippen LogP contribution is 2.24. The van der Waals surface area contributed by atoms with Gasteiger partial charge in [0.1, 0.15) is 11.5 Å². The maximum Gasteiger partial charge on any atom is 0.261 e. The van der Waals surface area contributed by atoms with Gasteiger partial charge in [-0.2, -0.15) is 0 Å². The van der Waals surface area contributed by atoms with Crippen molar-refractivity contribution < 1.29 is 17.6 Å². The van der Waals surface area contributed by atoms with Gasteiger partial charge in [-0.25, -0.2) is 17.8 Å². The van der Waals surface area contributed by atoms with Crippen LogP contribution in [0, 0.1) is 5.82 Å². The van der Waals surface area contributed by atoms with E-state index in [1.165, 1.54) is 23.5 Å². The minimum Gasteiger partial charge on any atom is -0.298 e. The summed E-state index contributed by atoms with van der Waals surface area (Å²) < 4.78 is 40.4. The van der Waals surface area contributed by atoms with E-state index in [0.29, 0.717) is 16.5 Å². The molecule has 4 rings (SSSR count). The van der Waals surface area contributed by atoms with Crippen LogP contribution in [-0.4, -0.2) is 24.3 Å². The van der Waals surface area contributed by atoms with Gasteiger partial charge in [0.2, 0.25) is 0 Å². The Bertz CT molecular complexity index is 1320. The van der Waals surface area contributed by atoms with Crippen LogP contribution in [0.1, 0.15) is 10.4 Å². The molecule has 0 fully saturated rings. The summed E-state index contributed by atoms with van der Waals surface area (Å²) in [6.07, 6.45) is 1.66. The van der Waals surface area contributed by atoms with E-state index in [1.54, 1.807) is 29.8 Å². The smallest absolute Gasteiger partial charge is 0.261 e. The standard InChI is InChI=1S/C21H15FN4O3S2/c22-15-7-9-17(10-8-15)31(28,29)26-16-5-3-4-14(12-16)20(27)25-21-24-19(13-30-21)18-6-1-2-11-23-18/h1-13,26H,(H,24,25,27). The molecule has 0 spiro atoms. The van der Waals surface area contributed by atoms with Crippen LogP contribution in [0.15, 0.2) is 83.2 Å². The first-order chi connectivity index (χ1) is 14.9. The van der Waals surface area contributed by atoms with Gasteiger partial charge >= 0.3 is 0 Å². The van der Waals surface area contributed by atoms with E-state index >= 15 is 0 Å². The van der Waals surface area contributed by atoms with Gasteiger partial charge in [-0.3, -0.25) is 19.8 Å². The molecule has 4 aromatic rings. The lowest BCUT2D eigenvalue weighted by Crippen LogP contribution is -2.15. The zero-order valence-corrected chi connectivity index (χ0v) is 17.5. The van der Waals surface area contributed by atoms with Gasteiger partial charge in [0.05, 0.1) is 10.6 Å². The van der Waals surface area contributed by atoms with Crippen molar-refractivity contribution in [3.63, 3.8) is 0 Å². The van der Waals surface area contributed by atoms with Crippen LogP contribution in [0.3, 0.4) is 0 Å². The first-order valence-electron chi connectivity index (χ1n) is 8.97. The number of sulfonamides is 1. The first-order valence-corrected chi connectivity index (χ1v) is 11.3. The second-order valence-corrected chi connectivity index (χ2v) is 8.89. The van der Waals surface area contributed by atoms with E-state index in [0.717, 1.165) is 24.3 Å². The Labute approximate surface area is 181 Å². The van der Waals surface area contributed by atoms with E-state index in [4.69, 9.17) is 0 Å². The molecular formula is C21H15FN4O3S2. The minimum atomic E-state index is -3.92. The highest BCUT2D eigenvalue weighted by molar-refractivity contribution is 7.92. The molecule has 156 valence electrons. The third-order valence-electron chi connectivity index (χ3n) is 4.15. The number of nitrogens with zero attached hydrogens (tertiary/aromatic N) is 2. The molecule has 0 unspecified atom stereocenters. The highest BCUT2D eigenvalue weighted by atomic mass is 32.2. The molecule has 2 aromatic carbocycles. The molecule has 0 saturated carbocycles. The molecule has 2 N–H and O–H groups in total. The van der Waals surface area contributed by atoms with Crippen LogP contribution < -0.4 is 10.0 Å². The quantitative estimate of drug-likeness (QED) is 0.450. The summed E-state index contributed by atoms with van der Waals surface area (Å²) in [7, 11) is -3.92. The van der Waals surface area contributed by atoms with E-state index in [9.17, 15) is 17.6 Å². The van der Waals surface area contributed by atoms with Gasteiger partial charge in [-0.1, -0.05) is 12.1 Å². The number of amides is 1. The van der Waals surface area contributed by atoms with Crippen molar-refractivity contribution >= 4 is 38.1 Å². The van der Waals surface area contributed by atoms with E-state index in [-0.39, 0.29) is 16.1 Å². The lowest BCUT2D eigenvalue weighted by molar-refractivity contribution is 0.102. The summed E-state index contributed by atoms with van der Waals surface area (Å²) in [6, 6.07) is 15.9. The molecular weight excluding hydrogens is 439 g/mol. The van der Waals surface area contributed by atoms with Gasteiger partial charge in [-0.15, -0.1) is 11.3 Å². The molecule has 0 aliphatic rings. The van der Waals surface area contributed by atoms with E-state index < -0.39 is 21.7 Å². The number of halogens is 1. The number of hydrogen-bond acceptors (Lipinski definition) is 6. The van der Waals surface area contributed by atoms with Crippen molar-refractivity contribution in [2.75, 3.05) is 10.0 Å². The van der Waals surface area contributed by atoms with Crippen molar-refractivity contribution in [1.29, 1.82) is 0 Å². The fourth-order valence-corrected chi connectivity index (χ4v) is 4.43. The van der Waals surface area contributed by atoms with Gasteiger partial charge in [0, 0.05) is 22.8 Å². The number of pyridine rings is 1. The second-order valence-electron chi connectivity index (χ2n) is 6.35. The van der Waals surface area contributed by atoms with Crippen LogP contribution in [0.25, 0.3) is 11.4 Å². The zero-order valence-electron chi connectivity index (χ0n) is 15.8. The Hall–Kier alpha value is -3.63.